The Kier molecular flexibility index (Phi) is 8.36. The molecule has 2 aliphatic rings. The second-order valence-electron chi connectivity index (χ2n) is 7.83. The molecule has 3 heteroatoms. The predicted molar refractivity (Wildman–Crippen MR) is 132 cm³/mol. The van der Waals surface area contributed by atoms with Crippen LogP contribution in [0.4, 0.5) is 0 Å². The van der Waals surface area contributed by atoms with Gasteiger partial charge in [-0.15, -0.1) is 11.8 Å². The Morgan fingerprint density at radius 2 is 1.68 bits per heavy atom. The molecule has 1 spiro atoms. The number of rotatable bonds is 9. The first-order chi connectivity index (χ1) is 15.1. The van der Waals surface area contributed by atoms with Crippen LogP contribution >= 0.6 is 11.8 Å². The van der Waals surface area contributed by atoms with Crippen LogP contribution in [-0.2, 0) is 9.53 Å². The van der Waals surface area contributed by atoms with E-state index in [1.807, 2.05) is 37.3 Å². The molecule has 31 heavy (non-hydrogen) atoms. The van der Waals surface area contributed by atoms with Crippen molar-refractivity contribution in [3.05, 3.63) is 103 Å². The minimum absolute atomic E-state index is 0.105. The number of carbonyl (C=O) groups excluding carboxylic acids is 1. The highest BCUT2D eigenvalue weighted by Crippen LogP contribution is 2.39. The molecule has 0 heterocycles. The Morgan fingerprint density at radius 1 is 1.00 bits per heavy atom. The van der Waals surface area contributed by atoms with Crippen LogP contribution in [-0.4, -0.2) is 17.8 Å². The second-order valence-corrected chi connectivity index (χ2v) is 9.10. The van der Waals surface area contributed by atoms with Crippen molar-refractivity contribution in [2.45, 2.75) is 43.3 Å². The third-order valence-electron chi connectivity index (χ3n) is 5.38. The van der Waals surface area contributed by atoms with E-state index in [0.29, 0.717) is 13.0 Å². The van der Waals surface area contributed by atoms with Gasteiger partial charge in [-0.2, -0.15) is 0 Å². The molecule has 162 valence electrons. The van der Waals surface area contributed by atoms with Crippen molar-refractivity contribution < 1.29 is 9.53 Å². The zero-order valence-electron chi connectivity index (χ0n) is 18.4. The normalized spacial score (nSPS) is 19.4. The SMILES string of the molecule is CC/C=C\C1(/C=C\CC(Sc2ccccc2)C(=O)OCC)C=CC2(C=CCC=C2)C=C1. The van der Waals surface area contributed by atoms with Crippen LogP contribution in [0.1, 0.15) is 33.1 Å². The molecule has 0 saturated carbocycles. The Labute approximate surface area is 191 Å². The lowest BCUT2D eigenvalue weighted by molar-refractivity contribution is -0.142. The Balaban J connectivity index is 1.77. The summed E-state index contributed by atoms with van der Waals surface area (Å²) in [6.07, 6.45) is 29.4. The van der Waals surface area contributed by atoms with Crippen molar-refractivity contribution in [3.8, 4) is 0 Å². The smallest absolute Gasteiger partial charge is 0.319 e. The summed E-state index contributed by atoms with van der Waals surface area (Å²) in [5, 5.41) is -0.266. The fourth-order valence-electron chi connectivity index (χ4n) is 3.68. The van der Waals surface area contributed by atoms with E-state index >= 15 is 0 Å². The highest BCUT2D eigenvalue weighted by atomic mass is 32.2. The quantitative estimate of drug-likeness (QED) is 0.234. The average Bonchev–Trinajstić information content (AvgIpc) is 2.80. The van der Waals surface area contributed by atoms with Gasteiger partial charge >= 0.3 is 5.97 Å². The lowest BCUT2D eigenvalue weighted by Gasteiger charge is -2.31. The number of thioether (sulfide) groups is 1. The molecule has 1 unspecified atom stereocenters. The molecular weight excluding hydrogens is 400 g/mol. The van der Waals surface area contributed by atoms with Gasteiger partial charge in [0.15, 0.2) is 0 Å². The number of hydrogen-bond donors (Lipinski definition) is 0. The molecule has 0 aliphatic heterocycles. The van der Waals surface area contributed by atoms with Gasteiger partial charge in [0.1, 0.15) is 5.25 Å². The average molecular weight is 433 g/mol. The van der Waals surface area contributed by atoms with Gasteiger partial charge in [0.05, 0.1) is 6.61 Å². The van der Waals surface area contributed by atoms with Crippen LogP contribution in [0.25, 0.3) is 0 Å². The molecule has 0 radical (unpaired) electrons. The number of carbonyl (C=O) groups is 1. The van der Waals surface area contributed by atoms with Crippen LogP contribution in [0, 0.1) is 10.8 Å². The number of allylic oxidation sites excluding steroid dienone is 12. The van der Waals surface area contributed by atoms with Crippen molar-refractivity contribution in [1.82, 2.24) is 0 Å². The lowest BCUT2D eigenvalue weighted by atomic mass is 9.73. The predicted octanol–water partition coefficient (Wildman–Crippen LogP) is 7.24. The summed E-state index contributed by atoms with van der Waals surface area (Å²) >= 11 is 1.56. The third-order valence-corrected chi connectivity index (χ3v) is 6.59. The van der Waals surface area contributed by atoms with Gasteiger partial charge in [0, 0.05) is 15.7 Å². The number of benzene rings is 1. The largest absolute Gasteiger partial charge is 0.465 e. The van der Waals surface area contributed by atoms with E-state index in [9.17, 15) is 4.79 Å². The van der Waals surface area contributed by atoms with Gasteiger partial charge in [-0.25, -0.2) is 0 Å². The highest BCUT2D eigenvalue weighted by molar-refractivity contribution is 8.00. The first-order valence-corrected chi connectivity index (χ1v) is 12.0. The molecule has 1 aromatic carbocycles. The van der Waals surface area contributed by atoms with Gasteiger partial charge in [-0.3, -0.25) is 4.79 Å². The van der Waals surface area contributed by atoms with Crippen LogP contribution in [0.5, 0.6) is 0 Å². The van der Waals surface area contributed by atoms with Gasteiger partial charge in [0.2, 0.25) is 0 Å². The fourth-order valence-corrected chi connectivity index (χ4v) is 4.69. The van der Waals surface area contributed by atoms with E-state index in [0.717, 1.165) is 17.7 Å². The zero-order valence-corrected chi connectivity index (χ0v) is 19.3. The lowest BCUT2D eigenvalue weighted by Crippen LogP contribution is -2.21. The molecule has 3 rings (SSSR count). The first kappa shape index (κ1) is 23.1. The minimum Gasteiger partial charge on any atom is -0.465 e. The van der Waals surface area contributed by atoms with Crippen molar-refractivity contribution in [1.29, 1.82) is 0 Å². The van der Waals surface area contributed by atoms with E-state index < -0.39 is 0 Å². The summed E-state index contributed by atoms with van der Waals surface area (Å²) in [7, 11) is 0. The summed E-state index contributed by atoms with van der Waals surface area (Å²) in [6, 6.07) is 10.0. The monoisotopic (exact) mass is 432 g/mol. The first-order valence-electron chi connectivity index (χ1n) is 11.1. The topological polar surface area (TPSA) is 26.3 Å². The molecule has 0 bridgehead atoms. The fraction of sp³-hybridized carbons (Fsp3) is 0.321. The Hall–Kier alpha value is -2.52. The summed E-state index contributed by atoms with van der Waals surface area (Å²) in [5.74, 6) is -0.162. The molecule has 0 amide bonds. The Bertz CT molecular complexity index is 874. The van der Waals surface area contributed by atoms with Gasteiger partial charge in [-0.1, -0.05) is 98.0 Å². The van der Waals surface area contributed by atoms with E-state index in [4.69, 9.17) is 4.74 Å². The molecule has 0 N–H and O–H groups in total. The number of esters is 1. The Morgan fingerprint density at radius 3 is 2.32 bits per heavy atom. The summed E-state index contributed by atoms with van der Waals surface area (Å²) in [6.45, 7) is 4.39. The van der Waals surface area contributed by atoms with Crippen LogP contribution in [0.15, 0.2) is 108 Å². The van der Waals surface area contributed by atoms with E-state index in [2.05, 4.69) is 79.8 Å². The zero-order chi connectivity index (χ0) is 22.0. The summed E-state index contributed by atoms with van der Waals surface area (Å²) in [4.78, 5) is 13.6. The van der Waals surface area contributed by atoms with Crippen LogP contribution in [0.2, 0.25) is 0 Å². The van der Waals surface area contributed by atoms with Crippen molar-refractivity contribution >= 4 is 17.7 Å². The van der Waals surface area contributed by atoms with Crippen molar-refractivity contribution in [3.63, 3.8) is 0 Å². The molecule has 1 aromatic rings. The third kappa shape index (κ3) is 6.48. The van der Waals surface area contributed by atoms with E-state index in [1.54, 1.807) is 11.8 Å². The maximum absolute atomic E-state index is 12.5. The standard InChI is InChI=1S/C28H32O2S/c1-3-5-16-27(20-22-28(23-21-27)17-10-7-11-18-28)19-12-15-25(26(29)30-4-2)31-24-13-8-6-9-14-24/h5-6,8-14,16-23,25H,3-4,7,15H2,1-2H3/b16-5-,19-12-. The maximum atomic E-state index is 12.5. The molecule has 0 fully saturated rings. The summed E-state index contributed by atoms with van der Waals surface area (Å²) < 4.78 is 5.33. The second kappa shape index (κ2) is 11.2. The molecule has 0 saturated heterocycles. The highest BCUT2D eigenvalue weighted by Gasteiger charge is 2.28. The molecule has 0 aromatic heterocycles. The van der Waals surface area contributed by atoms with Crippen LogP contribution < -0.4 is 0 Å². The van der Waals surface area contributed by atoms with Crippen molar-refractivity contribution in [2.75, 3.05) is 6.61 Å². The number of hydrogen-bond acceptors (Lipinski definition) is 3. The molecule has 2 nitrogen and oxygen atoms in total. The van der Waals surface area contributed by atoms with Crippen LogP contribution in [0.3, 0.4) is 0 Å². The minimum atomic E-state index is -0.267. The molecule has 2 aliphatic carbocycles. The van der Waals surface area contributed by atoms with Gasteiger partial charge in [-0.05, 0) is 38.3 Å². The summed E-state index contributed by atoms with van der Waals surface area (Å²) in [5.41, 5.74) is -0.372. The molecule has 1 atom stereocenters. The van der Waals surface area contributed by atoms with Crippen molar-refractivity contribution in [2.24, 2.45) is 10.8 Å². The molecular formula is C28H32O2S. The van der Waals surface area contributed by atoms with Gasteiger partial charge in [0.25, 0.3) is 0 Å². The van der Waals surface area contributed by atoms with E-state index in [1.165, 1.54) is 0 Å². The van der Waals surface area contributed by atoms with Gasteiger partial charge < -0.3 is 4.74 Å². The number of ether oxygens (including phenoxy) is 1. The van der Waals surface area contributed by atoms with E-state index in [-0.39, 0.29) is 22.0 Å². The maximum Gasteiger partial charge on any atom is 0.319 e.